The molecule has 4 rings (SSSR count). The maximum Gasteiger partial charge on any atom is 0.410 e. The summed E-state index contributed by atoms with van der Waals surface area (Å²) >= 11 is 1.64. The van der Waals surface area contributed by atoms with Crippen molar-refractivity contribution in [2.75, 3.05) is 26.2 Å². The highest BCUT2D eigenvalue weighted by atomic mass is 32.1. The van der Waals surface area contributed by atoms with Gasteiger partial charge >= 0.3 is 12.1 Å². The first-order valence-electron chi connectivity index (χ1n) is 7.99. The van der Waals surface area contributed by atoms with Gasteiger partial charge in [0.25, 0.3) is 0 Å². The van der Waals surface area contributed by atoms with Gasteiger partial charge in [-0.3, -0.25) is 4.90 Å². The van der Waals surface area contributed by atoms with Crippen LogP contribution in [0.5, 0.6) is 0 Å². The van der Waals surface area contributed by atoms with Crippen LogP contribution < -0.4 is 5.32 Å². The molecule has 3 amide bonds. The number of fused-ring (bicyclic) bond motifs is 1. The van der Waals surface area contributed by atoms with E-state index in [-0.39, 0.29) is 24.7 Å². The molecule has 25 heavy (non-hydrogen) atoms. The monoisotopic (exact) mass is 363 g/mol. The van der Waals surface area contributed by atoms with Gasteiger partial charge in [-0.25, -0.2) is 9.59 Å². The Balaban J connectivity index is 1.27. The average Bonchev–Trinajstić information content (AvgIpc) is 3.36. The second kappa shape index (κ2) is 6.71. The number of urea groups is 1. The van der Waals surface area contributed by atoms with Crippen molar-refractivity contribution in [1.82, 2.24) is 25.3 Å². The van der Waals surface area contributed by atoms with Crippen LogP contribution >= 0.6 is 11.3 Å². The zero-order valence-electron chi connectivity index (χ0n) is 13.4. The van der Waals surface area contributed by atoms with Gasteiger partial charge in [-0.1, -0.05) is 11.2 Å². The van der Waals surface area contributed by atoms with E-state index in [4.69, 9.17) is 9.26 Å². The van der Waals surface area contributed by atoms with Gasteiger partial charge in [-0.05, 0) is 11.4 Å². The van der Waals surface area contributed by atoms with Crippen molar-refractivity contribution in [1.29, 1.82) is 0 Å². The average molecular weight is 363 g/mol. The van der Waals surface area contributed by atoms with Crippen LogP contribution in [0.3, 0.4) is 0 Å². The molecule has 0 aliphatic carbocycles. The largest absolute Gasteiger partial charge is 0.447 e. The molecule has 0 radical (unpaired) electrons. The first-order chi connectivity index (χ1) is 12.2. The molecule has 0 unspecified atom stereocenters. The lowest BCUT2D eigenvalue weighted by Gasteiger charge is -2.35. The van der Waals surface area contributed by atoms with Gasteiger partial charge in [-0.15, -0.1) is 11.3 Å². The fourth-order valence-corrected chi connectivity index (χ4v) is 3.64. The molecule has 1 N–H and O–H groups in total. The maximum atomic E-state index is 12.3. The number of hydrogen-bond acceptors (Lipinski definition) is 7. The standard InChI is InChI=1S/C15H17N5O4S/c21-14(19-3-4-20-10(8-19)9-23-15(20)22)16-7-13-17-12(18-24-13)6-11-2-1-5-25-11/h1-2,5,10H,3-4,6-9H2,(H,16,21)/t10-/m1/s1. The Morgan fingerprint density at radius 2 is 2.36 bits per heavy atom. The number of ether oxygens (including phenoxy) is 1. The molecule has 2 fully saturated rings. The minimum Gasteiger partial charge on any atom is -0.447 e. The highest BCUT2D eigenvalue weighted by Crippen LogP contribution is 2.18. The molecule has 2 aliphatic rings. The molecule has 4 heterocycles. The zero-order chi connectivity index (χ0) is 17.2. The highest BCUT2D eigenvalue weighted by molar-refractivity contribution is 7.09. The molecule has 0 spiro atoms. The molecule has 1 atom stereocenters. The minimum absolute atomic E-state index is 0.0622. The number of nitrogens with one attached hydrogen (secondary N) is 1. The van der Waals surface area contributed by atoms with E-state index in [2.05, 4.69) is 15.5 Å². The van der Waals surface area contributed by atoms with Crippen LogP contribution in [0.25, 0.3) is 0 Å². The SMILES string of the molecule is O=C(NCc1nc(Cc2cccs2)no1)N1CCN2C(=O)OC[C@H]2C1. The Kier molecular flexibility index (Phi) is 4.26. The summed E-state index contributed by atoms with van der Waals surface area (Å²) in [7, 11) is 0. The third-order valence-corrected chi connectivity index (χ3v) is 5.09. The van der Waals surface area contributed by atoms with Crippen LogP contribution in [0.15, 0.2) is 22.0 Å². The van der Waals surface area contributed by atoms with Gasteiger partial charge in [0.2, 0.25) is 5.89 Å². The number of hydrogen-bond donors (Lipinski definition) is 1. The van der Waals surface area contributed by atoms with Crippen molar-refractivity contribution >= 4 is 23.5 Å². The summed E-state index contributed by atoms with van der Waals surface area (Å²) in [5.74, 6) is 0.972. The van der Waals surface area contributed by atoms with Crippen molar-refractivity contribution in [3.8, 4) is 0 Å². The maximum absolute atomic E-state index is 12.3. The fourth-order valence-electron chi connectivity index (χ4n) is 2.94. The van der Waals surface area contributed by atoms with Crippen molar-refractivity contribution in [2.24, 2.45) is 0 Å². The van der Waals surface area contributed by atoms with Crippen LogP contribution in [-0.2, 0) is 17.7 Å². The molecular formula is C15H17N5O4S. The smallest absolute Gasteiger partial charge is 0.410 e. The second-order valence-corrected chi connectivity index (χ2v) is 6.92. The number of aromatic nitrogens is 2. The molecule has 10 heteroatoms. The van der Waals surface area contributed by atoms with E-state index in [9.17, 15) is 9.59 Å². The van der Waals surface area contributed by atoms with Gasteiger partial charge in [-0.2, -0.15) is 4.98 Å². The lowest BCUT2D eigenvalue weighted by molar-refractivity contribution is 0.126. The molecule has 0 saturated carbocycles. The summed E-state index contributed by atoms with van der Waals surface area (Å²) in [5, 5.41) is 8.71. The number of rotatable bonds is 4. The predicted molar refractivity (Wildman–Crippen MR) is 87.1 cm³/mol. The summed E-state index contributed by atoms with van der Waals surface area (Å²) in [5.41, 5.74) is 0. The van der Waals surface area contributed by atoms with Crippen LogP contribution in [0.2, 0.25) is 0 Å². The van der Waals surface area contributed by atoms with E-state index < -0.39 is 0 Å². The van der Waals surface area contributed by atoms with Gasteiger partial charge in [0.1, 0.15) is 6.61 Å². The van der Waals surface area contributed by atoms with Gasteiger partial charge in [0.05, 0.1) is 12.6 Å². The van der Waals surface area contributed by atoms with Crippen molar-refractivity contribution in [3.63, 3.8) is 0 Å². The number of amides is 3. The molecule has 2 aliphatic heterocycles. The zero-order valence-corrected chi connectivity index (χ0v) is 14.2. The molecular weight excluding hydrogens is 346 g/mol. The van der Waals surface area contributed by atoms with Gasteiger partial charge in [0.15, 0.2) is 5.82 Å². The van der Waals surface area contributed by atoms with E-state index in [0.29, 0.717) is 44.4 Å². The highest BCUT2D eigenvalue weighted by Gasteiger charge is 2.38. The summed E-state index contributed by atoms with van der Waals surface area (Å²) in [6.07, 6.45) is 0.321. The first-order valence-corrected chi connectivity index (χ1v) is 8.87. The predicted octanol–water partition coefficient (Wildman–Crippen LogP) is 1.07. The van der Waals surface area contributed by atoms with Crippen LogP contribution in [0.4, 0.5) is 9.59 Å². The second-order valence-electron chi connectivity index (χ2n) is 5.89. The number of carbonyl (C=O) groups excluding carboxylic acids is 2. The Morgan fingerprint density at radius 3 is 3.20 bits per heavy atom. The van der Waals surface area contributed by atoms with E-state index >= 15 is 0 Å². The lowest BCUT2D eigenvalue weighted by atomic mass is 10.2. The van der Waals surface area contributed by atoms with E-state index in [0.717, 1.165) is 4.88 Å². The fraction of sp³-hybridized carbons (Fsp3) is 0.467. The Morgan fingerprint density at radius 1 is 1.44 bits per heavy atom. The summed E-state index contributed by atoms with van der Waals surface area (Å²) in [6.45, 7) is 1.94. The third kappa shape index (κ3) is 3.43. The van der Waals surface area contributed by atoms with Gasteiger partial charge < -0.3 is 19.5 Å². The van der Waals surface area contributed by atoms with Crippen molar-refractivity contribution in [3.05, 3.63) is 34.1 Å². The van der Waals surface area contributed by atoms with Crippen LogP contribution in [0, 0.1) is 0 Å². The molecule has 2 aromatic heterocycles. The molecule has 2 aromatic rings. The summed E-state index contributed by atoms with van der Waals surface area (Å²) in [6, 6.07) is 3.72. The Bertz CT molecular complexity index is 762. The topological polar surface area (TPSA) is 101 Å². The van der Waals surface area contributed by atoms with Gasteiger partial charge in [0, 0.05) is 30.9 Å². The normalized spacial score (nSPS) is 19.7. The molecule has 2 saturated heterocycles. The molecule has 0 aromatic carbocycles. The number of thiophene rings is 1. The molecule has 132 valence electrons. The molecule has 9 nitrogen and oxygen atoms in total. The van der Waals surface area contributed by atoms with E-state index in [1.54, 1.807) is 21.1 Å². The third-order valence-electron chi connectivity index (χ3n) is 4.22. The first kappa shape index (κ1) is 15.9. The van der Waals surface area contributed by atoms with Crippen molar-refractivity contribution in [2.45, 2.75) is 19.0 Å². The number of cyclic esters (lactones) is 1. The number of carbonyl (C=O) groups is 2. The summed E-state index contributed by atoms with van der Waals surface area (Å²) in [4.78, 5) is 32.5. The lowest BCUT2D eigenvalue weighted by Crippen LogP contribution is -2.55. The quantitative estimate of drug-likeness (QED) is 0.872. The molecule has 0 bridgehead atoms. The Hall–Kier alpha value is -2.62. The Labute approximate surface area is 147 Å². The number of piperazine rings is 1. The minimum atomic E-state index is -0.297. The van der Waals surface area contributed by atoms with Crippen LogP contribution in [0.1, 0.15) is 16.6 Å². The van der Waals surface area contributed by atoms with E-state index in [1.165, 1.54) is 0 Å². The number of nitrogens with zero attached hydrogens (tertiary/aromatic N) is 4. The van der Waals surface area contributed by atoms with E-state index in [1.807, 2.05) is 17.5 Å². The van der Waals surface area contributed by atoms with Crippen LogP contribution in [-0.4, -0.2) is 64.3 Å². The summed E-state index contributed by atoms with van der Waals surface area (Å²) < 4.78 is 10.2. The van der Waals surface area contributed by atoms with Crippen molar-refractivity contribution < 1.29 is 18.8 Å².